The van der Waals surface area contributed by atoms with Crippen LogP contribution in [0.4, 0.5) is 0 Å². The molecule has 0 aromatic heterocycles. The Balaban J connectivity index is 0. The van der Waals surface area contributed by atoms with E-state index in [-0.39, 0.29) is 47.0 Å². The minimum absolute atomic E-state index is 0. The van der Waals surface area contributed by atoms with Gasteiger partial charge in [0.05, 0.1) is 12.3 Å². The van der Waals surface area contributed by atoms with E-state index in [0.717, 1.165) is 5.06 Å². The molecule has 0 amide bonds. The van der Waals surface area contributed by atoms with Crippen molar-refractivity contribution in [3.05, 3.63) is 12.7 Å². The van der Waals surface area contributed by atoms with Crippen molar-refractivity contribution in [2.75, 3.05) is 12.3 Å². The number of hydrogen-bond acceptors (Lipinski definition) is 4. The van der Waals surface area contributed by atoms with E-state index in [9.17, 15) is 8.42 Å². The van der Waals surface area contributed by atoms with Gasteiger partial charge in [0.1, 0.15) is 0 Å². The number of hydrogen-bond donors (Lipinski definition) is 1. The fourth-order valence-corrected chi connectivity index (χ4v) is 1.85. The molecule has 15 heavy (non-hydrogen) atoms. The van der Waals surface area contributed by atoms with Crippen molar-refractivity contribution in [2.45, 2.75) is 13.3 Å². The van der Waals surface area contributed by atoms with Crippen LogP contribution in [0.15, 0.2) is 12.7 Å². The molecule has 0 heterocycles. The molecule has 0 rings (SSSR count). The van der Waals surface area contributed by atoms with E-state index >= 15 is 0 Å². The van der Waals surface area contributed by atoms with Gasteiger partial charge in [0, 0.05) is 0 Å². The molecule has 0 aromatic rings. The van der Waals surface area contributed by atoms with E-state index in [0.29, 0.717) is 6.42 Å². The van der Waals surface area contributed by atoms with Gasteiger partial charge in [0.2, 0.25) is 0 Å². The Labute approximate surface area is 118 Å². The second-order valence-corrected chi connectivity index (χ2v) is 4.62. The van der Waals surface area contributed by atoms with Gasteiger partial charge in [-0.2, -0.15) is 8.42 Å². The summed E-state index contributed by atoms with van der Waals surface area (Å²) in [6.07, 6.45) is 1.92. The van der Waals surface area contributed by atoms with E-state index in [1.807, 2.05) is 0 Å². The third-order valence-electron chi connectivity index (χ3n) is 1.20. The third-order valence-corrected chi connectivity index (χ3v) is 2.72. The van der Waals surface area contributed by atoms with Crippen molar-refractivity contribution in [3.63, 3.8) is 0 Å². The normalized spacial score (nSPS) is 10.2. The Morgan fingerprint density at radius 1 is 1.67 bits per heavy atom. The molecule has 0 aliphatic heterocycles. The Bertz CT molecular complexity index is 305. The molecule has 0 saturated carbocycles. The van der Waals surface area contributed by atoms with Crippen molar-refractivity contribution in [2.24, 2.45) is 5.73 Å². The van der Waals surface area contributed by atoms with Crippen LogP contribution in [-0.4, -0.2) is 60.4 Å². The molecule has 0 saturated heterocycles. The summed E-state index contributed by atoms with van der Waals surface area (Å²) in [5.74, 6) is -0.0662. The van der Waals surface area contributed by atoms with Gasteiger partial charge >= 0.3 is 29.6 Å². The molecule has 2 N–H and O–H groups in total. The van der Waals surface area contributed by atoms with Gasteiger partial charge in [-0.05, 0) is 18.6 Å². The van der Waals surface area contributed by atoms with Gasteiger partial charge in [-0.25, -0.2) is 5.06 Å². The Morgan fingerprint density at radius 3 is 2.53 bits per heavy atom. The first-order valence-electron chi connectivity index (χ1n) is 4.03. The average molecular weight is 262 g/mol. The monoisotopic (exact) mass is 262 g/mol. The van der Waals surface area contributed by atoms with Gasteiger partial charge in [0.15, 0.2) is 5.11 Å². The van der Waals surface area contributed by atoms with E-state index in [1.165, 1.54) is 6.08 Å². The van der Waals surface area contributed by atoms with Crippen molar-refractivity contribution in [3.8, 4) is 0 Å². The van der Waals surface area contributed by atoms with E-state index in [4.69, 9.17) is 5.73 Å². The molecule has 0 fully saturated rings. The Morgan fingerprint density at radius 2 is 2.20 bits per heavy atom. The average Bonchev–Trinajstić information content (AvgIpc) is 2.02. The molecule has 0 aliphatic rings. The van der Waals surface area contributed by atoms with Crippen LogP contribution >= 0.6 is 12.2 Å². The molecule has 0 spiro atoms. The zero-order valence-electron chi connectivity index (χ0n) is 7.97. The first kappa shape index (κ1) is 17.7. The Hall–Kier alpha value is 0.340. The summed E-state index contributed by atoms with van der Waals surface area (Å²) in [5, 5.41) is 0.775. The molecule has 8 heteroatoms. The summed E-state index contributed by atoms with van der Waals surface area (Å²) in [7, 11) is -3.59. The van der Waals surface area contributed by atoms with Crippen LogP contribution in [0.25, 0.3) is 0 Å². The molecule has 0 aliphatic carbocycles. The second kappa shape index (κ2) is 8.49. The van der Waals surface area contributed by atoms with Gasteiger partial charge in [0.25, 0.3) is 10.1 Å². The van der Waals surface area contributed by atoms with Crippen LogP contribution in [0.3, 0.4) is 0 Å². The fourth-order valence-electron chi connectivity index (χ4n) is 0.699. The number of rotatable bonds is 6. The van der Waals surface area contributed by atoms with Crippen molar-refractivity contribution in [1.29, 1.82) is 0 Å². The summed E-state index contributed by atoms with van der Waals surface area (Å²) >= 11 is 4.60. The van der Waals surface area contributed by atoms with Gasteiger partial charge in [-0.1, -0.05) is 13.0 Å². The fraction of sp³-hybridized carbons (Fsp3) is 0.571. The summed E-state index contributed by atoms with van der Waals surface area (Å²) in [4.78, 5) is 0. The van der Waals surface area contributed by atoms with Crippen molar-refractivity contribution >= 4 is 57.0 Å². The molecule has 0 radical (unpaired) electrons. The van der Waals surface area contributed by atoms with Gasteiger partial charge < -0.3 is 5.73 Å². The quantitative estimate of drug-likeness (QED) is 0.308. The van der Waals surface area contributed by atoms with E-state index in [2.05, 4.69) is 23.1 Å². The van der Waals surface area contributed by atoms with Crippen LogP contribution in [0.1, 0.15) is 13.3 Å². The van der Waals surface area contributed by atoms with Crippen molar-refractivity contribution in [1.82, 2.24) is 5.06 Å². The summed E-state index contributed by atoms with van der Waals surface area (Å²) < 4.78 is 27.1. The molecular formula is C7H15N2NaO3S2. The molecule has 0 bridgehead atoms. The second-order valence-electron chi connectivity index (χ2n) is 2.52. The zero-order chi connectivity index (χ0) is 11.2. The number of nitrogens with two attached hydrogens (primary N) is 1. The predicted molar refractivity (Wildman–Crippen MR) is 66.0 cm³/mol. The SMILES string of the molecule is C=CCN(OS(=O)(=O)CCC)C(N)=S.[NaH]. The van der Waals surface area contributed by atoms with Crippen molar-refractivity contribution < 1.29 is 12.7 Å². The first-order valence-corrected chi connectivity index (χ1v) is 6.01. The maximum atomic E-state index is 11.2. The molecule has 0 unspecified atom stereocenters. The van der Waals surface area contributed by atoms with Crippen LogP contribution in [0, 0.1) is 0 Å². The summed E-state index contributed by atoms with van der Waals surface area (Å²) in [6.45, 7) is 5.30. The van der Waals surface area contributed by atoms with Crippen LogP contribution in [0.2, 0.25) is 0 Å². The molecule has 0 aromatic carbocycles. The molecular weight excluding hydrogens is 247 g/mol. The number of hydroxylamine groups is 2. The standard InChI is InChI=1S/C7H14N2O3S2.Na.H/c1-3-5-9(7(8)13)12-14(10,11)6-4-2;;/h3H,1,4-6H2,2H3,(H2,8,13);;. The maximum absolute atomic E-state index is 11.2. The van der Waals surface area contributed by atoms with Crippen LogP contribution < -0.4 is 5.73 Å². The molecule has 0 atom stereocenters. The van der Waals surface area contributed by atoms with E-state index < -0.39 is 10.1 Å². The number of thiocarbonyl (C=S) groups is 1. The zero-order valence-corrected chi connectivity index (χ0v) is 9.60. The van der Waals surface area contributed by atoms with Gasteiger partial charge in [-0.3, -0.25) is 0 Å². The third kappa shape index (κ3) is 8.18. The molecule has 84 valence electrons. The topological polar surface area (TPSA) is 72.6 Å². The minimum atomic E-state index is -3.59. The number of nitrogens with zero attached hydrogens (tertiary/aromatic N) is 1. The van der Waals surface area contributed by atoms with Crippen LogP contribution in [-0.2, 0) is 14.4 Å². The Kier molecular flexibility index (Phi) is 10.0. The van der Waals surface area contributed by atoms with E-state index in [1.54, 1.807) is 6.92 Å². The predicted octanol–water partition coefficient (Wildman–Crippen LogP) is -0.259. The van der Waals surface area contributed by atoms with Gasteiger partial charge in [-0.15, -0.1) is 10.9 Å². The molecule has 5 nitrogen and oxygen atoms in total. The van der Waals surface area contributed by atoms with Crippen LogP contribution in [0.5, 0.6) is 0 Å². The summed E-state index contributed by atoms with van der Waals surface area (Å²) in [6, 6.07) is 0. The summed E-state index contributed by atoms with van der Waals surface area (Å²) in [5.41, 5.74) is 5.25. The first-order chi connectivity index (χ1) is 6.43.